The van der Waals surface area contributed by atoms with E-state index in [1.807, 2.05) is 0 Å². The molecule has 0 saturated heterocycles. The SMILES string of the molecule is Cc1cc2c3c(c1)N1B(c4ccc[n+](c4-3)C2)N(c2ccccc2)c2ccccc21. The summed E-state index contributed by atoms with van der Waals surface area (Å²) in [5.41, 5.74) is 12.0. The van der Waals surface area contributed by atoms with Crippen molar-refractivity contribution in [2.75, 3.05) is 9.62 Å². The lowest BCUT2D eigenvalue weighted by Crippen LogP contribution is -2.58. The van der Waals surface area contributed by atoms with Crippen LogP contribution in [0.25, 0.3) is 11.3 Å². The van der Waals surface area contributed by atoms with Crippen LogP contribution in [0, 0.1) is 6.92 Å². The molecule has 3 aliphatic rings. The standard InChI is InChI=1S/C25H19BN3/c1-17-14-18-16-27-13-7-10-20-25(27)24(18)23(15-17)29-22-12-6-5-11-21(22)28(26(20)29)19-8-3-2-4-9-19/h2-15H,16H2,1H3/q+1. The van der Waals surface area contributed by atoms with Crippen LogP contribution in [0.2, 0.25) is 0 Å². The van der Waals surface area contributed by atoms with Crippen molar-refractivity contribution < 1.29 is 4.57 Å². The molecular formula is C25H19BN3+. The summed E-state index contributed by atoms with van der Waals surface area (Å²) >= 11 is 0. The fraction of sp³-hybridized carbons (Fsp3) is 0.0800. The van der Waals surface area contributed by atoms with Gasteiger partial charge in [-0.1, -0.05) is 36.4 Å². The second-order valence-electron chi connectivity index (χ2n) is 8.20. The molecule has 0 atom stereocenters. The van der Waals surface area contributed by atoms with E-state index in [-0.39, 0.29) is 6.98 Å². The Morgan fingerprint density at radius 2 is 1.55 bits per heavy atom. The van der Waals surface area contributed by atoms with E-state index in [1.54, 1.807) is 0 Å². The third-order valence-corrected chi connectivity index (χ3v) is 6.49. The molecule has 0 amide bonds. The van der Waals surface area contributed by atoms with Crippen LogP contribution < -0.4 is 19.7 Å². The van der Waals surface area contributed by atoms with Crippen molar-refractivity contribution in [2.24, 2.45) is 0 Å². The van der Waals surface area contributed by atoms with E-state index >= 15 is 0 Å². The van der Waals surface area contributed by atoms with Crippen molar-refractivity contribution in [2.45, 2.75) is 13.5 Å². The van der Waals surface area contributed by atoms with Crippen molar-refractivity contribution in [1.82, 2.24) is 0 Å². The molecule has 4 heterocycles. The minimum absolute atomic E-state index is 0.123. The molecule has 0 unspecified atom stereocenters. The Kier molecular flexibility index (Phi) is 2.81. The lowest BCUT2D eigenvalue weighted by molar-refractivity contribution is -0.671. The van der Waals surface area contributed by atoms with E-state index in [0.29, 0.717) is 0 Å². The van der Waals surface area contributed by atoms with Gasteiger partial charge in [-0.05, 0) is 48.9 Å². The number of hydrogen-bond donors (Lipinski definition) is 0. The first-order chi connectivity index (χ1) is 14.3. The molecule has 7 rings (SSSR count). The molecule has 3 aromatic carbocycles. The molecule has 3 nitrogen and oxygen atoms in total. The topological polar surface area (TPSA) is 10.4 Å². The van der Waals surface area contributed by atoms with Gasteiger partial charge in [0.15, 0.2) is 12.7 Å². The molecule has 0 N–H and O–H groups in total. The number of aromatic nitrogens is 1. The first-order valence-corrected chi connectivity index (χ1v) is 10.2. The van der Waals surface area contributed by atoms with Crippen LogP contribution in [0.1, 0.15) is 11.1 Å². The first-order valence-electron chi connectivity index (χ1n) is 10.2. The number of nitrogens with zero attached hydrogens (tertiary/aromatic N) is 3. The van der Waals surface area contributed by atoms with Crippen molar-refractivity contribution in [3.05, 3.63) is 96.2 Å². The molecular weight excluding hydrogens is 353 g/mol. The lowest BCUT2D eigenvalue weighted by atomic mass is 9.60. The maximum absolute atomic E-state index is 2.55. The summed E-state index contributed by atoms with van der Waals surface area (Å²) in [7, 11) is 0. The highest BCUT2D eigenvalue weighted by Crippen LogP contribution is 2.51. The molecule has 0 saturated carbocycles. The molecule has 0 spiro atoms. The third kappa shape index (κ3) is 1.86. The normalized spacial score (nSPS) is 14.7. The number of anilines is 4. The van der Waals surface area contributed by atoms with Crippen LogP contribution >= 0.6 is 0 Å². The molecule has 0 bridgehead atoms. The van der Waals surface area contributed by atoms with Gasteiger partial charge in [-0.15, -0.1) is 0 Å². The van der Waals surface area contributed by atoms with E-state index in [4.69, 9.17) is 0 Å². The van der Waals surface area contributed by atoms with Crippen LogP contribution in [0.4, 0.5) is 22.7 Å². The summed E-state index contributed by atoms with van der Waals surface area (Å²) in [6, 6.07) is 28.8. The monoisotopic (exact) mass is 372 g/mol. The van der Waals surface area contributed by atoms with Gasteiger partial charge in [0.25, 0.3) is 0 Å². The van der Waals surface area contributed by atoms with E-state index < -0.39 is 0 Å². The van der Waals surface area contributed by atoms with Gasteiger partial charge in [-0.3, -0.25) is 0 Å². The molecule has 1 aromatic heterocycles. The van der Waals surface area contributed by atoms with E-state index in [0.717, 1.165) is 6.54 Å². The quantitative estimate of drug-likeness (QED) is 0.321. The number of pyridine rings is 1. The first kappa shape index (κ1) is 15.4. The molecule has 136 valence electrons. The largest absolute Gasteiger partial charge is 0.427 e. The zero-order chi connectivity index (χ0) is 19.1. The van der Waals surface area contributed by atoms with E-state index in [1.165, 1.54) is 50.6 Å². The maximum Gasteiger partial charge on any atom is 0.427 e. The number of hydrogen-bond acceptors (Lipinski definition) is 2. The number of aryl methyl sites for hydroxylation is 1. The Bertz CT molecular complexity index is 1320. The van der Waals surface area contributed by atoms with Gasteiger partial charge in [0.05, 0.1) is 16.9 Å². The van der Waals surface area contributed by atoms with Crippen LogP contribution in [0.3, 0.4) is 0 Å². The summed E-state index contributed by atoms with van der Waals surface area (Å²) in [5.74, 6) is 0. The smallest absolute Gasteiger partial charge is 0.360 e. The van der Waals surface area contributed by atoms with Crippen molar-refractivity contribution in [3.63, 3.8) is 0 Å². The highest BCUT2D eigenvalue weighted by molar-refractivity contribution is 6.86. The average Bonchev–Trinajstić information content (AvgIpc) is 3.29. The summed E-state index contributed by atoms with van der Waals surface area (Å²) in [4.78, 5) is 5.04. The van der Waals surface area contributed by atoms with Gasteiger partial charge in [0.1, 0.15) is 0 Å². The van der Waals surface area contributed by atoms with Gasteiger partial charge in [0.2, 0.25) is 5.69 Å². The summed E-state index contributed by atoms with van der Waals surface area (Å²) < 4.78 is 2.42. The van der Waals surface area contributed by atoms with Crippen LogP contribution in [0.5, 0.6) is 0 Å². The van der Waals surface area contributed by atoms with E-state index in [2.05, 4.69) is 106 Å². The Balaban J connectivity index is 1.60. The Hall–Kier alpha value is -3.53. The average molecular weight is 372 g/mol. The Labute approximate surface area is 170 Å². The van der Waals surface area contributed by atoms with Crippen molar-refractivity contribution in [1.29, 1.82) is 0 Å². The second-order valence-corrected chi connectivity index (χ2v) is 8.20. The third-order valence-electron chi connectivity index (χ3n) is 6.49. The molecule has 29 heavy (non-hydrogen) atoms. The van der Waals surface area contributed by atoms with Gasteiger partial charge in [-0.25, -0.2) is 0 Å². The second kappa shape index (κ2) is 5.29. The zero-order valence-electron chi connectivity index (χ0n) is 16.2. The molecule has 3 aliphatic heterocycles. The predicted molar refractivity (Wildman–Crippen MR) is 118 cm³/mol. The minimum Gasteiger partial charge on any atom is -0.360 e. The summed E-state index contributed by atoms with van der Waals surface area (Å²) in [5, 5.41) is 0. The maximum atomic E-state index is 2.55. The lowest BCUT2D eigenvalue weighted by Gasteiger charge is -2.34. The van der Waals surface area contributed by atoms with Gasteiger partial charge >= 0.3 is 6.98 Å². The fourth-order valence-electron chi connectivity index (χ4n) is 5.47. The molecule has 0 aliphatic carbocycles. The molecule has 4 heteroatoms. The predicted octanol–water partition coefficient (Wildman–Crippen LogP) is 4.31. The van der Waals surface area contributed by atoms with Crippen molar-refractivity contribution >= 4 is 35.2 Å². The molecule has 4 aromatic rings. The molecule has 0 radical (unpaired) electrons. The van der Waals surface area contributed by atoms with Crippen LogP contribution in [0.15, 0.2) is 85.1 Å². The van der Waals surface area contributed by atoms with Gasteiger partial charge in [-0.2, -0.15) is 4.57 Å². The summed E-state index contributed by atoms with van der Waals surface area (Å²) in [6.45, 7) is 3.30. The number of rotatable bonds is 1. The fourth-order valence-corrected chi connectivity index (χ4v) is 5.47. The minimum atomic E-state index is 0.123. The van der Waals surface area contributed by atoms with E-state index in [9.17, 15) is 0 Å². The molecule has 0 fully saturated rings. The summed E-state index contributed by atoms with van der Waals surface area (Å²) in [6.07, 6.45) is 2.22. The number of para-hydroxylation sites is 3. The van der Waals surface area contributed by atoms with Crippen molar-refractivity contribution in [3.8, 4) is 11.3 Å². The highest BCUT2D eigenvalue weighted by Gasteiger charge is 2.52. The number of fused-ring (bicyclic) bond motifs is 5. The van der Waals surface area contributed by atoms with Crippen LogP contribution in [-0.4, -0.2) is 6.98 Å². The van der Waals surface area contributed by atoms with Crippen LogP contribution in [-0.2, 0) is 6.54 Å². The Morgan fingerprint density at radius 3 is 2.38 bits per heavy atom. The van der Waals surface area contributed by atoms with Gasteiger partial charge < -0.3 is 9.62 Å². The highest BCUT2D eigenvalue weighted by atomic mass is 15.3. The zero-order valence-corrected chi connectivity index (χ0v) is 16.2. The number of benzene rings is 3. The Morgan fingerprint density at radius 1 is 0.793 bits per heavy atom. The van der Waals surface area contributed by atoms with Gasteiger partial charge in [0, 0.05) is 28.5 Å².